The molecule has 0 radical (unpaired) electrons. The zero-order valence-electron chi connectivity index (χ0n) is 13.2. The van der Waals surface area contributed by atoms with Gasteiger partial charge in [0.2, 0.25) is 0 Å². The van der Waals surface area contributed by atoms with Crippen molar-refractivity contribution >= 4 is 5.69 Å². The molecule has 120 valence electrons. The van der Waals surface area contributed by atoms with Crippen LogP contribution in [0.1, 0.15) is 44.7 Å². The second kappa shape index (κ2) is 7.69. The van der Waals surface area contributed by atoms with Gasteiger partial charge in [-0.15, -0.1) is 0 Å². The van der Waals surface area contributed by atoms with E-state index in [4.69, 9.17) is 0 Å². The van der Waals surface area contributed by atoms with Gasteiger partial charge in [-0.1, -0.05) is 26.8 Å². The second-order valence-corrected chi connectivity index (χ2v) is 5.21. The number of hydrogen-bond acceptors (Lipinski definition) is 2. The Morgan fingerprint density at radius 2 is 1.76 bits per heavy atom. The Balaban J connectivity index is 3.19. The predicted molar refractivity (Wildman–Crippen MR) is 81.6 cm³/mol. The number of nitrogens with one attached hydrogen (secondary N) is 1. The first-order chi connectivity index (χ1) is 9.85. The lowest BCUT2D eigenvalue weighted by atomic mass is 10.0. The van der Waals surface area contributed by atoms with Gasteiger partial charge in [0.05, 0.1) is 5.56 Å². The third-order valence-electron chi connectivity index (χ3n) is 3.82. The van der Waals surface area contributed by atoms with Crippen molar-refractivity contribution in [3.8, 4) is 0 Å². The van der Waals surface area contributed by atoms with E-state index in [1.165, 1.54) is 6.07 Å². The lowest BCUT2D eigenvalue weighted by Crippen LogP contribution is -2.32. The normalized spacial score (nSPS) is 12.0. The smallest absolute Gasteiger partial charge is 0.371 e. The van der Waals surface area contributed by atoms with E-state index in [2.05, 4.69) is 5.32 Å². The van der Waals surface area contributed by atoms with E-state index in [0.717, 1.165) is 19.4 Å². The third kappa shape index (κ3) is 4.63. The fraction of sp³-hybridized carbons (Fsp3) is 0.625. The standard InChI is InChI=1S/C16H25F3N2/c1-5-13(6-2)21(4)15-9-8-12(11-20-7-3)10-14(15)16(17,18)19/h8-10,13,20H,5-7,11H2,1-4H3. The van der Waals surface area contributed by atoms with Crippen molar-refractivity contribution in [2.24, 2.45) is 0 Å². The number of benzene rings is 1. The molecule has 2 nitrogen and oxygen atoms in total. The summed E-state index contributed by atoms with van der Waals surface area (Å²) in [5.74, 6) is 0. The number of rotatable bonds is 7. The van der Waals surface area contributed by atoms with Crippen molar-refractivity contribution in [2.45, 2.75) is 52.4 Å². The summed E-state index contributed by atoms with van der Waals surface area (Å²) >= 11 is 0. The van der Waals surface area contributed by atoms with Gasteiger partial charge in [0.25, 0.3) is 0 Å². The molecule has 0 bridgehead atoms. The quantitative estimate of drug-likeness (QED) is 0.801. The van der Waals surface area contributed by atoms with Crippen LogP contribution in [0, 0.1) is 0 Å². The number of hydrogen-bond donors (Lipinski definition) is 1. The Labute approximate surface area is 125 Å². The largest absolute Gasteiger partial charge is 0.418 e. The summed E-state index contributed by atoms with van der Waals surface area (Å²) in [6.07, 6.45) is -2.69. The van der Waals surface area contributed by atoms with Crippen LogP contribution in [0.4, 0.5) is 18.9 Å². The van der Waals surface area contributed by atoms with Crippen LogP contribution in [-0.4, -0.2) is 19.6 Å². The maximum absolute atomic E-state index is 13.3. The van der Waals surface area contributed by atoms with Crippen LogP contribution < -0.4 is 10.2 Å². The monoisotopic (exact) mass is 302 g/mol. The van der Waals surface area contributed by atoms with Gasteiger partial charge in [-0.3, -0.25) is 0 Å². The Morgan fingerprint density at radius 3 is 2.24 bits per heavy atom. The van der Waals surface area contributed by atoms with Gasteiger partial charge in [-0.25, -0.2) is 0 Å². The molecule has 0 saturated carbocycles. The minimum atomic E-state index is -4.34. The van der Waals surface area contributed by atoms with Gasteiger partial charge >= 0.3 is 6.18 Å². The molecular formula is C16H25F3N2. The molecular weight excluding hydrogens is 277 g/mol. The van der Waals surface area contributed by atoms with Crippen molar-refractivity contribution in [3.05, 3.63) is 29.3 Å². The summed E-state index contributed by atoms with van der Waals surface area (Å²) in [6, 6.07) is 4.74. The van der Waals surface area contributed by atoms with Crippen LogP contribution in [-0.2, 0) is 12.7 Å². The first kappa shape index (κ1) is 17.8. The second-order valence-electron chi connectivity index (χ2n) is 5.21. The highest BCUT2D eigenvalue weighted by molar-refractivity contribution is 5.56. The minimum absolute atomic E-state index is 0.116. The van der Waals surface area contributed by atoms with Crippen molar-refractivity contribution in [1.82, 2.24) is 5.32 Å². The SMILES string of the molecule is CCNCc1ccc(N(C)C(CC)CC)c(C(F)(F)F)c1. The van der Waals surface area contributed by atoms with E-state index in [9.17, 15) is 13.2 Å². The molecule has 1 aromatic rings. The van der Waals surface area contributed by atoms with Crippen molar-refractivity contribution in [2.75, 3.05) is 18.5 Å². The summed E-state index contributed by atoms with van der Waals surface area (Å²) in [7, 11) is 1.74. The molecule has 0 unspecified atom stereocenters. The highest BCUT2D eigenvalue weighted by atomic mass is 19.4. The van der Waals surface area contributed by atoms with E-state index in [1.54, 1.807) is 24.1 Å². The molecule has 0 aliphatic carbocycles. The summed E-state index contributed by atoms with van der Waals surface area (Å²) in [4.78, 5) is 1.75. The number of alkyl halides is 3. The van der Waals surface area contributed by atoms with E-state index in [1.807, 2.05) is 20.8 Å². The van der Waals surface area contributed by atoms with Gasteiger partial charge < -0.3 is 10.2 Å². The van der Waals surface area contributed by atoms with Gasteiger partial charge in [-0.05, 0) is 37.1 Å². The molecule has 0 spiro atoms. The lowest BCUT2D eigenvalue weighted by Gasteiger charge is -2.31. The molecule has 0 saturated heterocycles. The number of anilines is 1. The van der Waals surface area contributed by atoms with E-state index in [0.29, 0.717) is 12.1 Å². The molecule has 5 heteroatoms. The summed E-state index contributed by atoms with van der Waals surface area (Å²) < 4.78 is 40.0. The highest BCUT2D eigenvalue weighted by Crippen LogP contribution is 2.38. The van der Waals surface area contributed by atoms with Crippen LogP contribution in [0.15, 0.2) is 18.2 Å². The van der Waals surface area contributed by atoms with Gasteiger partial charge in [0, 0.05) is 25.3 Å². The maximum Gasteiger partial charge on any atom is 0.418 e. The topological polar surface area (TPSA) is 15.3 Å². The fourth-order valence-electron chi connectivity index (χ4n) is 2.53. The summed E-state index contributed by atoms with van der Waals surface area (Å²) in [6.45, 7) is 7.11. The molecule has 1 aromatic carbocycles. The lowest BCUT2D eigenvalue weighted by molar-refractivity contribution is -0.137. The molecule has 0 heterocycles. The Morgan fingerprint density at radius 1 is 1.14 bits per heavy atom. The van der Waals surface area contributed by atoms with Crippen LogP contribution in [0.25, 0.3) is 0 Å². The average Bonchev–Trinajstić information content (AvgIpc) is 2.45. The van der Waals surface area contributed by atoms with E-state index < -0.39 is 11.7 Å². The molecule has 1 N–H and O–H groups in total. The van der Waals surface area contributed by atoms with Crippen molar-refractivity contribution in [1.29, 1.82) is 0 Å². The highest BCUT2D eigenvalue weighted by Gasteiger charge is 2.35. The first-order valence-electron chi connectivity index (χ1n) is 7.48. The predicted octanol–water partition coefficient (Wildman–Crippen LogP) is 4.44. The van der Waals surface area contributed by atoms with Gasteiger partial charge in [-0.2, -0.15) is 13.2 Å². The molecule has 1 rings (SSSR count). The van der Waals surface area contributed by atoms with E-state index >= 15 is 0 Å². The molecule has 21 heavy (non-hydrogen) atoms. The van der Waals surface area contributed by atoms with Gasteiger partial charge in [0.15, 0.2) is 0 Å². The van der Waals surface area contributed by atoms with Gasteiger partial charge in [0.1, 0.15) is 0 Å². The minimum Gasteiger partial charge on any atom is -0.371 e. The first-order valence-corrected chi connectivity index (χ1v) is 7.48. The summed E-state index contributed by atoms with van der Waals surface area (Å²) in [5.41, 5.74) is 0.370. The summed E-state index contributed by atoms with van der Waals surface area (Å²) in [5, 5.41) is 3.06. The average molecular weight is 302 g/mol. The zero-order chi connectivity index (χ0) is 16.0. The molecule has 0 atom stereocenters. The number of nitrogens with zero attached hydrogens (tertiary/aromatic N) is 1. The Kier molecular flexibility index (Phi) is 6.52. The van der Waals surface area contributed by atoms with Crippen LogP contribution >= 0.6 is 0 Å². The van der Waals surface area contributed by atoms with Crippen molar-refractivity contribution < 1.29 is 13.2 Å². The molecule has 0 fully saturated rings. The Hall–Kier alpha value is -1.23. The Bertz CT molecular complexity index is 440. The molecule has 0 aliphatic rings. The molecule has 0 aliphatic heterocycles. The zero-order valence-corrected chi connectivity index (χ0v) is 13.2. The molecule has 0 aromatic heterocycles. The van der Waals surface area contributed by atoms with Crippen LogP contribution in [0.3, 0.4) is 0 Å². The van der Waals surface area contributed by atoms with Crippen LogP contribution in [0.2, 0.25) is 0 Å². The molecule has 0 amide bonds. The fourth-order valence-corrected chi connectivity index (χ4v) is 2.53. The van der Waals surface area contributed by atoms with E-state index in [-0.39, 0.29) is 11.7 Å². The maximum atomic E-state index is 13.3. The van der Waals surface area contributed by atoms with Crippen LogP contribution in [0.5, 0.6) is 0 Å². The third-order valence-corrected chi connectivity index (χ3v) is 3.82. The number of halogens is 3. The van der Waals surface area contributed by atoms with Crippen molar-refractivity contribution in [3.63, 3.8) is 0 Å².